The van der Waals surface area contributed by atoms with Crippen molar-refractivity contribution in [3.8, 4) is 0 Å². The molecule has 144 valence electrons. The fourth-order valence-corrected chi connectivity index (χ4v) is 1.55. The van der Waals surface area contributed by atoms with E-state index < -0.39 is 0 Å². The third kappa shape index (κ3) is 16.8. The standard InChI is InChI=1S/3C6H13NO/c1-4-5-6(8)7(2)3;1-4-6(8)7(3)5-2;1-4-7(5-2)6(3)8/h3*4-5H2,1-3H3. The van der Waals surface area contributed by atoms with Crippen LogP contribution in [-0.4, -0.2) is 73.2 Å². The molecule has 0 N–H and O–H groups in total. The molecule has 6 nitrogen and oxygen atoms in total. The van der Waals surface area contributed by atoms with Crippen molar-refractivity contribution >= 4 is 17.7 Å². The van der Waals surface area contributed by atoms with Gasteiger partial charge in [-0.3, -0.25) is 14.4 Å². The van der Waals surface area contributed by atoms with E-state index in [1.54, 1.807) is 35.7 Å². The second-order valence-electron chi connectivity index (χ2n) is 5.49. The molecule has 0 heterocycles. The highest BCUT2D eigenvalue weighted by Crippen LogP contribution is 1.89. The molecule has 0 atom stereocenters. The van der Waals surface area contributed by atoms with E-state index in [0.717, 1.165) is 26.1 Å². The molecule has 24 heavy (non-hydrogen) atoms. The Morgan fingerprint density at radius 3 is 1.29 bits per heavy atom. The SMILES string of the molecule is CCC(=O)N(C)CC.CCCC(=O)N(C)C.CCN(CC)C(C)=O. The van der Waals surface area contributed by atoms with Gasteiger partial charge in [0.25, 0.3) is 0 Å². The van der Waals surface area contributed by atoms with Crippen LogP contribution in [0.25, 0.3) is 0 Å². The summed E-state index contributed by atoms with van der Waals surface area (Å²) in [6, 6.07) is 0. The Kier molecular flexibility index (Phi) is 20.2. The topological polar surface area (TPSA) is 60.9 Å². The Morgan fingerprint density at radius 2 is 1.21 bits per heavy atom. The van der Waals surface area contributed by atoms with E-state index in [1.807, 2.05) is 41.7 Å². The first-order valence-corrected chi connectivity index (χ1v) is 8.82. The lowest BCUT2D eigenvalue weighted by Gasteiger charge is -2.14. The van der Waals surface area contributed by atoms with E-state index in [2.05, 4.69) is 0 Å². The van der Waals surface area contributed by atoms with E-state index in [-0.39, 0.29) is 17.7 Å². The maximum atomic E-state index is 10.7. The van der Waals surface area contributed by atoms with Gasteiger partial charge in [0.2, 0.25) is 17.7 Å². The average Bonchev–Trinajstić information content (AvgIpc) is 2.55. The molecule has 0 aromatic rings. The van der Waals surface area contributed by atoms with Crippen molar-refractivity contribution in [2.24, 2.45) is 0 Å². The third-order valence-corrected chi connectivity index (χ3v) is 3.37. The molecule has 0 saturated carbocycles. The normalized spacial score (nSPS) is 8.88. The lowest BCUT2D eigenvalue weighted by molar-refractivity contribution is -0.129. The molecule has 0 rings (SSSR count). The number of hydrogen-bond donors (Lipinski definition) is 0. The van der Waals surface area contributed by atoms with Crippen LogP contribution in [0.2, 0.25) is 0 Å². The summed E-state index contributed by atoms with van der Waals surface area (Å²) in [5.41, 5.74) is 0. The summed E-state index contributed by atoms with van der Waals surface area (Å²) in [5, 5.41) is 0. The Balaban J connectivity index is -0.000000276. The molecule has 0 saturated heterocycles. The molecule has 6 heteroatoms. The van der Waals surface area contributed by atoms with Crippen LogP contribution in [0.5, 0.6) is 0 Å². The Morgan fingerprint density at radius 1 is 0.750 bits per heavy atom. The average molecular weight is 346 g/mol. The van der Waals surface area contributed by atoms with Crippen LogP contribution < -0.4 is 0 Å². The number of nitrogens with zero attached hydrogens (tertiary/aromatic N) is 3. The minimum atomic E-state index is 0.162. The Hall–Kier alpha value is -1.59. The second kappa shape index (κ2) is 17.8. The summed E-state index contributed by atoms with van der Waals surface area (Å²) in [4.78, 5) is 37.0. The number of hydrogen-bond acceptors (Lipinski definition) is 3. The van der Waals surface area contributed by atoms with E-state index in [9.17, 15) is 14.4 Å². The fraction of sp³-hybridized carbons (Fsp3) is 0.833. The summed E-state index contributed by atoms with van der Waals surface area (Å²) in [6.45, 7) is 13.8. The monoisotopic (exact) mass is 345 g/mol. The van der Waals surface area contributed by atoms with Crippen LogP contribution in [0.15, 0.2) is 0 Å². The first-order valence-electron chi connectivity index (χ1n) is 8.82. The largest absolute Gasteiger partial charge is 0.349 e. The molecule has 0 aliphatic heterocycles. The molecule has 3 amide bonds. The van der Waals surface area contributed by atoms with Gasteiger partial charge in [-0.05, 0) is 27.2 Å². The Labute approximate surface area is 149 Å². The molecule has 0 aromatic carbocycles. The molecule has 0 spiro atoms. The third-order valence-electron chi connectivity index (χ3n) is 3.37. The highest BCUT2D eigenvalue weighted by atomic mass is 16.2. The summed E-state index contributed by atoms with van der Waals surface area (Å²) in [5.74, 6) is 0.593. The second-order valence-corrected chi connectivity index (χ2v) is 5.49. The molecule has 0 unspecified atom stereocenters. The molecule has 0 fully saturated rings. The molecule has 0 bridgehead atoms. The number of carbonyl (C=O) groups is 3. The fourth-order valence-electron chi connectivity index (χ4n) is 1.55. The first-order chi connectivity index (χ1) is 11.1. The summed E-state index contributed by atoms with van der Waals surface area (Å²) < 4.78 is 0. The summed E-state index contributed by atoms with van der Waals surface area (Å²) in [6.07, 6.45) is 2.23. The zero-order valence-corrected chi connectivity index (χ0v) is 17.3. The molecular formula is C18H39N3O3. The van der Waals surface area contributed by atoms with Crippen molar-refractivity contribution in [2.75, 3.05) is 40.8 Å². The van der Waals surface area contributed by atoms with Crippen LogP contribution in [0, 0.1) is 0 Å². The highest BCUT2D eigenvalue weighted by molar-refractivity contribution is 5.75. The van der Waals surface area contributed by atoms with E-state index in [0.29, 0.717) is 12.8 Å². The van der Waals surface area contributed by atoms with Crippen molar-refractivity contribution in [3.05, 3.63) is 0 Å². The van der Waals surface area contributed by atoms with Crippen molar-refractivity contribution in [1.29, 1.82) is 0 Å². The van der Waals surface area contributed by atoms with Crippen LogP contribution in [-0.2, 0) is 14.4 Å². The van der Waals surface area contributed by atoms with Crippen LogP contribution in [0.1, 0.15) is 60.8 Å². The van der Waals surface area contributed by atoms with E-state index in [4.69, 9.17) is 0 Å². The lowest BCUT2D eigenvalue weighted by Crippen LogP contribution is -2.27. The van der Waals surface area contributed by atoms with Crippen molar-refractivity contribution in [3.63, 3.8) is 0 Å². The predicted octanol–water partition coefficient (Wildman–Crippen LogP) is 2.62. The zero-order chi connectivity index (χ0) is 19.7. The van der Waals surface area contributed by atoms with E-state index >= 15 is 0 Å². The molecule has 0 aliphatic rings. The first kappa shape index (κ1) is 27.3. The molecular weight excluding hydrogens is 306 g/mol. The lowest BCUT2D eigenvalue weighted by atomic mass is 10.3. The minimum Gasteiger partial charge on any atom is -0.349 e. The van der Waals surface area contributed by atoms with Gasteiger partial charge >= 0.3 is 0 Å². The van der Waals surface area contributed by atoms with Gasteiger partial charge in [0.1, 0.15) is 0 Å². The highest BCUT2D eigenvalue weighted by Gasteiger charge is 2.00. The summed E-state index contributed by atoms with van der Waals surface area (Å²) in [7, 11) is 5.36. The van der Waals surface area contributed by atoms with E-state index in [1.165, 1.54) is 0 Å². The number of amides is 3. The number of carbonyl (C=O) groups excluding carboxylic acids is 3. The van der Waals surface area contributed by atoms with Crippen LogP contribution in [0.4, 0.5) is 0 Å². The van der Waals surface area contributed by atoms with Gasteiger partial charge in [-0.2, -0.15) is 0 Å². The van der Waals surface area contributed by atoms with Gasteiger partial charge in [-0.15, -0.1) is 0 Å². The smallest absolute Gasteiger partial charge is 0.222 e. The van der Waals surface area contributed by atoms with Crippen molar-refractivity contribution in [1.82, 2.24) is 14.7 Å². The Bertz CT molecular complexity index is 338. The number of rotatable bonds is 6. The molecule has 0 aliphatic carbocycles. The van der Waals surface area contributed by atoms with Crippen LogP contribution >= 0.6 is 0 Å². The van der Waals surface area contributed by atoms with Gasteiger partial charge in [-0.25, -0.2) is 0 Å². The van der Waals surface area contributed by atoms with Crippen molar-refractivity contribution < 1.29 is 14.4 Å². The van der Waals surface area contributed by atoms with Crippen molar-refractivity contribution in [2.45, 2.75) is 60.8 Å². The zero-order valence-electron chi connectivity index (χ0n) is 17.3. The molecule has 0 aromatic heterocycles. The predicted molar refractivity (Wildman–Crippen MR) is 101 cm³/mol. The maximum Gasteiger partial charge on any atom is 0.222 e. The van der Waals surface area contributed by atoms with Gasteiger partial charge in [0.05, 0.1) is 0 Å². The molecule has 0 radical (unpaired) electrons. The van der Waals surface area contributed by atoms with Gasteiger partial charge < -0.3 is 14.7 Å². The summed E-state index contributed by atoms with van der Waals surface area (Å²) >= 11 is 0. The van der Waals surface area contributed by atoms with Crippen LogP contribution in [0.3, 0.4) is 0 Å². The van der Waals surface area contributed by atoms with Gasteiger partial charge in [0.15, 0.2) is 0 Å². The minimum absolute atomic E-state index is 0.162. The quantitative estimate of drug-likeness (QED) is 0.743. The van der Waals surface area contributed by atoms with Gasteiger partial charge in [0, 0.05) is 60.5 Å². The maximum absolute atomic E-state index is 10.7. The van der Waals surface area contributed by atoms with Gasteiger partial charge in [-0.1, -0.05) is 13.8 Å².